The highest BCUT2D eigenvalue weighted by molar-refractivity contribution is 5.94. The molecule has 0 atom stereocenters. The highest BCUT2D eigenvalue weighted by atomic mass is 16.1. The maximum atomic E-state index is 12.5. The number of fused-ring (bicyclic) bond motifs is 1. The molecule has 0 aromatic carbocycles. The Bertz CT molecular complexity index is 920. The molecule has 6 heteroatoms. The standard InChI is InChI=1S/C20H21N5O/c1-25-7-4-14(5-8-25)20(26)24-19-10-16-9-17(12-22-18(16)13-23-19)15-3-2-6-21-11-15/h2-3,6,9-14H,4-5,7-8H2,1H3,(H,23,24,26). The van der Waals surface area contributed by atoms with Crippen molar-refractivity contribution in [3.8, 4) is 11.1 Å². The van der Waals surface area contributed by atoms with Gasteiger partial charge in [-0.25, -0.2) is 4.98 Å². The van der Waals surface area contributed by atoms with Gasteiger partial charge in [-0.3, -0.25) is 14.8 Å². The van der Waals surface area contributed by atoms with E-state index in [1.807, 2.05) is 36.7 Å². The summed E-state index contributed by atoms with van der Waals surface area (Å²) >= 11 is 0. The first-order valence-corrected chi connectivity index (χ1v) is 8.85. The number of hydrogen-bond donors (Lipinski definition) is 1. The van der Waals surface area contributed by atoms with Crippen molar-refractivity contribution in [1.82, 2.24) is 19.9 Å². The van der Waals surface area contributed by atoms with Gasteiger partial charge in [0.05, 0.1) is 11.7 Å². The van der Waals surface area contributed by atoms with Crippen molar-refractivity contribution in [3.63, 3.8) is 0 Å². The van der Waals surface area contributed by atoms with E-state index >= 15 is 0 Å². The highest BCUT2D eigenvalue weighted by Gasteiger charge is 2.23. The van der Waals surface area contributed by atoms with Crippen LogP contribution in [0.3, 0.4) is 0 Å². The molecule has 4 rings (SSSR count). The third kappa shape index (κ3) is 3.55. The number of pyridine rings is 3. The lowest BCUT2D eigenvalue weighted by molar-refractivity contribution is -0.121. The number of likely N-dealkylation sites (tertiary alicyclic amines) is 1. The van der Waals surface area contributed by atoms with E-state index in [1.54, 1.807) is 12.4 Å². The van der Waals surface area contributed by atoms with Crippen molar-refractivity contribution in [3.05, 3.63) is 49.1 Å². The van der Waals surface area contributed by atoms with E-state index in [9.17, 15) is 4.79 Å². The van der Waals surface area contributed by atoms with Gasteiger partial charge in [-0.1, -0.05) is 6.07 Å². The van der Waals surface area contributed by atoms with Crippen molar-refractivity contribution in [2.75, 3.05) is 25.5 Å². The van der Waals surface area contributed by atoms with Gasteiger partial charge in [0, 0.05) is 41.0 Å². The number of anilines is 1. The fraction of sp³-hybridized carbons (Fsp3) is 0.300. The zero-order chi connectivity index (χ0) is 17.9. The summed E-state index contributed by atoms with van der Waals surface area (Å²) in [7, 11) is 2.09. The second-order valence-corrected chi connectivity index (χ2v) is 6.79. The Kier molecular flexibility index (Phi) is 4.58. The fourth-order valence-electron chi connectivity index (χ4n) is 3.29. The molecular formula is C20H21N5O. The summed E-state index contributed by atoms with van der Waals surface area (Å²) in [6.07, 6.45) is 8.86. The van der Waals surface area contributed by atoms with E-state index in [-0.39, 0.29) is 11.8 Å². The van der Waals surface area contributed by atoms with Crippen LogP contribution in [0.5, 0.6) is 0 Å². The molecule has 3 aromatic heterocycles. The van der Waals surface area contributed by atoms with Crippen LogP contribution in [0, 0.1) is 5.92 Å². The van der Waals surface area contributed by atoms with Crippen LogP contribution in [0.2, 0.25) is 0 Å². The van der Waals surface area contributed by atoms with Crippen LogP contribution < -0.4 is 5.32 Å². The monoisotopic (exact) mass is 347 g/mol. The van der Waals surface area contributed by atoms with Gasteiger partial charge in [0.25, 0.3) is 0 Å². The zero-order valence-electron chi connectivity index (χ0n) is 14.7. The smallest absolute Gasteiger partial charge is 0.228 e. The van der Waals surface area contributed by atoms with Crippen LogP contribution in [0.15, 0.2) is 49.1 Å². The Hall–Kier alpha value is -2.86. The summed E-state index contributed by atoms with van der Waals surface area (Å²) in [5, 5.41) is 3.91. The van der Waals surface area contributed by atoms with Crippen molar-refractivity contribution >= 4 is 22.6 Å². The maximum Gasteiger partial charge on any atom is 0.228 e. The first-order chi connectivity index (χ1) is 12.7. The van der Waals surface area contributed by atoms with Gasteiger partial charge >= 0.3 is 0 Å². The predicted octanol–water partition coefficient (Wildman–Crippen LogP) is 2.97. The van der Waals surface area contributed by atoms with Gasteiger partial charge in [-0.15, -0.1) is 0 Å². The van der Waals surface area contributed by atoms with E-state index in [1.165, 1.54) is 0 Å². The molecule has 0 saturated carbocycles. The van der Waals surface area contributed by atoms with Crippen molar-refractivity contribution < 1.29 is 4.79 Å². The molecule has 1 aliphatic rings. The van der Waals surface area contributed by atoms with Gasteiger partial charge in [-0.2, -0.15) is 0 Å². The Balaban J connectivity index is 1.55. The minimum absolute atomic E-state index is 0.0568. The number of nitrogens with one attached hydrogen (secondary N) is 1. The second kappa shape index (κ2) is 7.17. The van der Waals surface area contributed by atoms with E-state index in [4.69, 9.17) is 0 Å². The van der Waals surface area contributed by atoms with Crippen LogP contribution in [0.4, 0.5) is 5.82 Å². The van der Waals surface area contributed by atoms with Crippen LogP contribution >= 0.6 is 0 Å². The molecule has 0 radical (unpaired) electrons. The van der Waals surface area contributed by atoms with Gasteiger partial charge in [0.1, 0.15) is 5.82 Å². The number of amides is 1. The highest BCUT2D eigenvalue weighted by Crippen LogP contribution is 2.24. The van der Waals surface area contributed by atoms with Crippen LogP contribution in [-0.2, 0) is 4.79 Å². The molecule has 0 unspecified atom stereocenters. The maximum absolute atomic E-state index is 12.5. The molecule has 1 saturated heterocycles. The zero-order valence-corrected chi connectivity index (χ0v) is 14.7. The lowest BCUT2D eigenvalue weighted by atomic mass is 9.96. The van der Waals surface area contributed by atoms with Crippen molar-refractivity contribution in [2.24, 2.45) is 5.92 Å². The Labute approximate surface area is 152 Å². The Morgan fingerprint density at radius 1 is 1.12 bits per heavy atom. The average molecular weight is 347 g/mol. The van der Waals surface area contributed by atoms with E-state index < -0.39 is 0 Å². The van der Waals surface area contributed by atoms with Gasteiger partial charge in [0.2, 0.25) is 5.91 Å². The molecular weight excluding hydrogens is 326 g/mol. The SMILES string of the molecule is CN1CCC(C(=O)Nc2cc3cc(-c4cccnc4)cnc3cn2)CC1. The summed E-state index contributed by atoms with van der Waals surface area (Å²) < 4.78 is 0. The molecule has 1 aliphatic heterocycles. The molecule has 1 fully saturated rings. The number of carbonyl (C=O) groups excluding carboxylic acids is 1. The molecule has 0 spiro atoms. The lowest BCUT2D eigenvalue weighted by Crippen LogP contribution is -2.36. The molecule has 132 valence electrons. The first-order valence-electron chi connectivity index (χ1n) is 8.85. The van der Waals surface area contributed by atoms with Crippen molar-refractivity contribution in [1.29, 1.82) is 0 Å². The number of piperidine rings is 1. The lowest BCUT2D eigenvalue weighted by Gasteiger charge is -2.27. The number of nitrogens with zero attached hydrogens (tertiary/aromatic N) is 4. The van der Waals surface area contributed by atoms with Crippen LogP contribution in [0.1, 0.15) is 12.8 Å². The van der Waals surface area contributed by atoms with Gasteiger partial charge < -0.3 is 10.2 Å². The largest absolute Gasteiger partial charge is 0.310 e. The summed E-state index contributed by atoms with van der Waals surface area (Å²) in [5.41, 5.74) is 2.80. The average Bonchev–Trinajstić information content (AvgIpc) is 2.68. The Morgan fingerprint density at radius 2 is 1.96 bits per heavy atom. The summed E-state index contributed by atoms with van der Waals surface area (Å²) in [6, 6.07) is 7.83. The third-order valence-corrected chi connectivity index (χ3v) is 4.90. The van der Waals surface area contributed by atoms with Crippen LogP contribution in [-0.4, -0.2) is 45.9 Å². The molecule has 6 nitrogen and oxygen atoms in total. The van der Waals surface area contributed by atoms with Gasteiger partial charge in [-0.05, 0) is 51.2 Å². The third-order valence-electron chi connectivity index (χ3n) is 4.90. The predicted molar refractivity (Wildman–Crippen MR) is 102 cm³/mol. The molecule has 1 N–H and O–H groups in total. The van der Waals surface area contributed by atoms with Crippen molar-refractivity contribution in [2.45, 2.75) is 12.8 Å². The first kappa shape index (κ1) is 16.6. The fourth-order valence-corrected chi connectivity index (χ4v) is 3.29. The van der Waals surface area contributed by atoms with E-state index in [0.29, 0.717) is 5.82 Å². The Morgan fingerprint density at radius 3 is 2.73 bits per heavy atom. The minimum atomic E-state index is 0.0568. The molecule has 0 bridgehead atoms. The minimum Gasteiger partial charge on any atom is -0.310 e. The second-order valence-electron chi connectivity index (χ2n) is 6.79. The van der Waals surface area contributed by atoms with Gasteiger partial charge in [0.15, 0.2) is 0 Å². The number of rotatable bonds is 3. The number of carbonyl (C=O) groups is 1. The summed E-state index contributed by atoms with van der Waals surface area (Å²) in [6.45, 7) is 1.92. The summed E-state index contributed by atoms with van der Waals surface area (Å²) in [4.78, 5) is 27.7. The van der Waals surface area contributed by atoms with E-state index in [2.05, 4.69) is 32.2 Å². The summed E-state index contributed by atoms with van der Waals surface area (Å²) in [5.74, 6) is 0.691. The quantitative estimate of drug-likeness (QED) is 0.789. The number of hydrogen-bond acceptors (Lipinski definition) is 5. The molecule has 0 aliphatic carbocycles. The molecule has 1 amide bonds. The molecule has 26 heavy (non-hydrogen) atoms. The topological polar surface area (TPSA) is 71.0 Å². The number of aromatic nitrogens is 3. The molecule has 4 heterocycles. The van der Waals surface area contributed by atoms with E-state index in [0.717, 1.165) is 48.0 Å². The normalized spacial score (nSPS) is 15.9. The molecule has 3 aromatic rings. The van der Waals surface area contributed by atoms with Crippen LogP contribution in [0.25, 0.3) is 22.0 Å².